The number of amides is 2. The first-order valence-corrected chi connectivity index (χ1v) is 10.6. The van der Waals surface area contributed by atoms with Crippen molar-refractivity contribution >= 4 is 17.6 Å². The summed E-state index contributed by atoms with van der Waals surface area (Å²) in [6.07, 6.45) is 4.64. The van der Waals surface area contributed by atoms with Gasteiger partial charge in [-0.3, -0.25) is 5.32 Å². The van der Waals surface area contributed by atoms with Crippen molar-refractivity contribution in [3.05, 3.63) is 23.3 Å². The fourth-order valence-corrected chi connectivity index (χ4v) is 4.62. The number of hydrogen-bond donors (Lipinski definition) is 1. The lowest BCUT2D eigenvalue weighted by Gasteiger charge is -2.24. The number of urea groups is 1. The second kappa shape index (κ2) is 9.13. The van der Waals surface area contributed by atoms with Crippen LogP contribution in [0.15, 0.2) is 17.1 Å². The molecule has 2 saturated heterocycles. The molecule has 1 atom stereocenters. The Kier molecular flexibility index (Phi) is 6.35. The number of likely N-dealkylation sites (tertiary alicyclic amines) is 1. The molecule has 2 amide bonds. The van der Waals surface area contributed by atoms with Crippen LogP contribution in [0.1, 0.15) is 42.7 Å². The minimum Gasteiger partial charge on any atom is -0.496 e. The lowest BCUT2D eigenvalue weighted by atomic mass is 9.89. The van der Waals surface area contributed by atoms with Gasteiger partial charge < -0.3 is 19.1 Å². The third kappa shape index (κ3) is 4.41. The summed E-state index contributed by atoms with van der Waals surface area (Å²) in [5.41, 5.74) is 3.30. The molecule has 3 aliphatic heterocycles. The summed E-state index contributed by atoms with van der Waals surface area (Å²) in [7, 11) is 3.41. The summed E-state index contributed by atoms with van der Waals surface area (Å²) in [6, 6.07) is 4.11. The Morgan fingerprint density at radius 1 is 1.28 bits per heavy atom. The van der Waals surface area contributed by atoms with Crippen molar-refractivity contribution in [3.8, 4) is 5.75 Å². The van der Waals surface area contributed by atoms with Gasteiger partial charge in [0, 0.05) is 52.0 Å². The number of nitrogens with zero attached hydrogens (tertiary/aromatic N) is 2. The van der Waals surface area contributed by atoms with E-state index < -0.39 is 0 Å². The van der Waals surface area contributed by atoms with Gasteiger partial charge in [0.15, 0.2) is 0 Å². The van der Waals surface area contributed by atoms with Crippen molar-refractivity contribution in [2.45, 2.75) is 38.0 Å². The maximum atomic E-state index is 12.8. The molecule has 1 aromatic carbocycles. The number of rotatable bonds is 5. The van der Waals surface area contributed by atoms with E-state index in [4.69, 9.17) is 19.2 Å². The highest BCUT2D eigenvalue weighted by atomic mass is 16.5. The third-order valence-corrected chi connectivity index (χ3v) is 6.30. The number of benzene rings is 1. The Hall–Kier alpha value is -2.12. The van der Waals surface area contributed by atoms with Crippen LogP contribution in [0.5, 0.6) is 5.75 Å². The van der Waals surface area contributed by atoms with Crippen LogP contribution in [0, 0.1) is 5.92 Å². The maximum Gasteiger partial charge on any atom is 0.322 e. The van der Waals surface area contributed by atoms with Gasteiger partial charge in [-0.25, -0.2) is 9.79 Å². The van der Waals surface area contributed by atoms with Gasteiger partial charge in [0.25, 0.3) is 0 Å². The van der Waals surface area contributed by atoms with E-state index in [1.54, 1.807) is 14.2 Å². The number of carbonyl (C=O) groups is 1. The molecular formula is C22H31N3O4. The molecule has 1 aromatic rings. The van der Waals surface area contributed by atoms with Crippen molar-refractivity contribution in [3.63, 3.8) is 0 Å². The lowest BCUT2D eigenvalue weighted by molar-refractivity contribution is 0.0854. The predicted octanol–water partition coefficient (Wildman–Crippen LogP) is 3.24. The molecule has 0 saturated carbocycles. The van der Waals surface area contributed by atoms with Gasteiger partial charge in [0.2, 0.25) is 0 Å². The van der Waals surface area contributed by atoms with Crippen molar-refractivity contribution in [2.75, 3.05) is 47.1 Å². The normalized spacial score (nSPS) is 21.8. The topological polar surface area (TPSA) is 72.4 Å². The first-order valence-electron chi connectivity index (χ1n) is 10.6. The Morgan fingerprint density at radius 3 is 2.86 bits per heavy atom. The smallest absolute Gasteiger partial charge is 0.322 e. The average molecular weight is 402 g/mol. The number of methoxy groups -OCH3 is 2. The van der Waals surface area contributed by atoms with Gasteiger partial charge >= 0.3 is 6.03 Å². The average Bonchev–Trinajstić information content (AvgIpc) is 3.39. The van der Waals surface area contributed by atoms with E-state index >= 15 is 0 Å². The summed E-state index contributed by atoms with van der Waals surface area (Å²) >= 11 is 0. The van der Waals surface area contributed by atoms with E-state index in [1.807, 2.05) is 11.0 Å². The molecule has 3 aliphatic rings. The summed E-state index contributed by atoms with van der Waals surface area (Å²) in [6.45, 7) is 3.90. The number of ether oxygens (including phenoxy) is 3. The quantitative estimate of drug-likeness (QED) is 0.822. The van der Waals surface area contributed by atoms with Crippen LogP contribution in [-0.2, 0) is 15.9 Å². The van der Waals surface area contributed by atoms with Gasteiger partial charge in [-0.05, 0) is 49.1 Å². The van der Waals surface area contributed by atoms with Crippen LogP contribution in [0.4, 0.5) is 10.5 Å². The Morgan fingerprint density at radius 2 is 2.10 bits per heavy atom. The minimum absolute atomic E-state index is 0.0527. The number of fused-ring (bicyclic) bond motifs is 1. The van der Waals surface area contributed by atoms with Crippen molar-refractivity contribution in [2.24, 2.45) is 10.9 Å². The number of carbonyl (C=O) groups excluding carboxylic acids is 1. The van der Waals surface area contributed by atoms with Gasteiger partial charge in [-0.2, -0.15) is 0 Å². The van der Waals surface area contributed by atoms with E-state index in [2.05, 4.69) is 11.4 Å². The predicted molar refractivity (Wildman–Crippen MR) is 111 cm³/mol. The maximum absolute atomic E-state index is 12.8. The summed E-state index contributed by atoms with van der Waals surface area (Å²) in [4.78, 5) is 19.5. The Balaban J connectivity index is 1.45. The monoisotopic (exact) mass is 401 g/mol. The summed E-state index contributed by atoms with van der Waals surface area (Å²) in [5.74, 6) is 2.51. The molecule has 1 unspecified atom stereocenters. The van der Waals surface area contributed by atoms with Crippen LogP contribution < -0.4 is 10.1 Å². The molecule has 0 spiro atoms. The van der Waals surface area contributed by atoms with Crippen LogP contribution in [0.2, 0.25) is 0 Å². The molecule has 29 heavy (non-hydrogen) atoms. The highest BCUT2D eigenvalue weighted by molar-refractivity contribution is 6.03. The first-order chi connectivity index (χ1) is 14.2. The van der Waals surface area contributed by atoms with Crippen LogP contribution in [0.3, 0.4) is 0 Å². The number of hydrogen-bond acceptors (Lipinski definition) is 5. The van der Waals surface area contributed by atoms with Crippen LogP contribution >= 0.6 is 0 Å². The fraction of sp³-hybridized carbons (Fsp3) is 0.636. The highest BCUT2D eigenvalue weighted by Crippen LogP contribution is 2.42. The molecule has 1 N–H and O–H groups in total. The van der Waals surface area contributed by atoms with E-state index in [9.17, 15) is 4.79 Å². The lowest BCUT2D eigenvalue weighted by Crippen LogP contribution is -2.41. The standard InChI is InChI=1S/C22H31N3O4/c1-27-10-6-15-5-9-25(14-15)22(26)24-20-13-18-19(28-2)4-3-17(21(18)23-20)16-7-11-29-12-8-16/h3-4,15-16H,5-14H2,1-2H3,(H,23,24,26). The van der Waals surface area contributed by atoms with E-state index in [1.165, 1.54) is 5.56 Å². The summed E-state index contributed by atoms with van der Waals surface area (Å²) < 4.78 is 16.3. The van der Waals surface area contributed by atoms with E-state index in [0.29, 0.717) is 24.1 Å². The SMILES string of the molecule is COCCC1CCN(C(=O)NC2=Nc3c(C4CCOCC4)ccc(OC)c3C2)C1. The third-order valence-electron chi connectivity index (χ3n) is 6.30. The van der Waals surface area contributed by atoms with Crippen molar-refractivity contribution in [1.82, 2.24) is 10.2 Å². The molecule has 3 heterocycles. The first kappa shape index (κ1) is 20.2. The van der Waals surface area contributed by atoms with Gasteiger partial charge in [0.05, 0.1) is 12.8 Å². The van der Waals surface area contributed by atoms with Gasteiger partial charge in [-0.1, -0.05) is 6.07 Å². The van der Waals surface area contributed by atoms with E-state index in [0.717, 1.165) is 75.6 Å². The number of aliphatic imine (C=N–C) groups is 1. The molecule has 0 bridgehead atoms. The molecule has 0 radical (unpaired) electrons. The molecular weight excluding hydrogens is 370 g/mol. The van der Waals surface area contributed by atoms with Crippen LogP contribution in [-0.4, -0.2) is 63.9 Å². The zero-order valence-electron chi connectivity index (χ0n) is 17.4. The second-order valence-corrected chi connectivity index (χ2v) is 8.12. The highest BCUT2D eigenvalue weighted by Gasteiger charge is 2.30. The Labute approximate surface area is 172 Å². The largest absolute Gasteiger partial charge is 0.496 e. The molecule has 2 fully saturated rings. The summed E-state index contributed by atoms with van der Waals surface area (Å²) in [5, 5.41) is 3.05. The number of nitrogens with one attached hydrogen (secondary N) is 1. The van der Waals surface area contributed by atoms with Crippen molar-refractivity contribution < 1.29 is 19.0 Å². The molecule has 4 rings (SSSR count). The molecule has 7 heteroatoms. The molecule has 158 valence electrons. The molecule has 0 aliphatic carbocycles. The zero-order valence-corrected chi connectivity index (χ0v) is 17.4. The fourth-order valence-electron chi connectivity index (χ4n) is 4.62. The van der Waals surface area contributed by atoms with Gasteiger partial charge in [-0.15, -0.1) is 0 Å². The number of amidine groups is 1. The zero-order chi connectivity index (χ0) is 20.2. The van der Waals surface area contributed by atoms with Crippen LogP contribution in [0.25, 0.3) is 0 Å². The molecule has 0 aromatic heterocycles. The van der Waals surface area contributed by atoms with Gasteiger partial charge in [0.1, 0.15) is 11.6 Å². The molecule has 7 nitrogen and oxygen atoms in total. The second-order valence-electron chi connectivity index (χ2n) is 8.12. The minimum atomic E-state index is -0.0527. The van der Waals surface area contributed by atoms with E-state index in [-0.39, 0.29) is 6.03 Å². The Bertz CT molecular complexity index is 774. The van der Waals surface area contributed by atoms with Crippen molar-refractivity contribution in [1.29, 1.82) is 0 Å².